The van der Waals surface area contributed by atoms with Gasteiger partial charge in [0.15, 0.2) is 0 Å². The molecule has 2 N–H and O–H groups in total. The van der Waals surface area contributed by atoms with E-state index in [-0.39, 0.29) is 6.04 Å². The van der Waals surface area contributed by atoms with Crippen LogP contribution in [0.4, 0.5) is 0 Å². The zero-order chi connectivity index (χ0) is 14.5. The fraction of sp³-hybridized carbons (Fsp3) is 0.538. The predicted octanol–water partition coefficient (Wildman–Crippen LogP) is 2.26. The van der Waals surface area contributed by atoms with Gasteiger partial charge in [0.2, 0.25) is 10.0 Å². The minimum atomic E-state index is -3.29. The van der Waals surface area contributed by atoms with E-state index in [0.717, 1.165) is 10.0 Å². The molecule has 6 heteroatoms. The Balaban J connectivity index is 2.52. The van der Waals surface area contributed by atoms with Crippen molar-refractivity contribution in [3.05, 3.63) is 34.3 Å². The summed E-state index contributed by atoms with van der Waals surface area (Å²) in [7, 11) is -3.29. The topological polar surface area (TPSA) is 58.2 Å². The van der Waals surface area contributed by atoms with E-state index in [1.165, 1.54) is 0 Å². The van der Waals surface area contributed by atoms with E-state index >= 15 is 0 Å². The fourth-order valence-corrected chi connectivity index (χ4v) is 2.67. The van der Waals surface area contributed by atoms with E-state index in [1.54, 1.807) is 6.92 Å². The van der Waals surface area contributed by atoms with Crippen LogP contribution in [0.15, 0.2) is 28.7 Å². The van der Waals surface area contributed by atoms with Crippen LogP contribution in [0.2, 0.25) is 0 Å². The highest BCUT2D eigenvalue weighted by Gasteiger charge is 2.20. The maximum atomic E-state index is 12.0. The van der Waals surface area contributed by atoms with Gasteiger partial charge in [-0.25, -0.2) is 13.1 Å². The lowest BCUT2D eigenvalue weighted by molar-refractivity contribution is 0.540. The minimum absolute atomic E-state index is 0.282. The van der Waals surface area contributed by atoms with Gasteiger partial charge in [-0.2, -0.15) is 0 Å². The number of hydrogen-bond acceptors (Lipinski definition) is 3. The lowest BCUT2D eigenvalue weighted by Gasteiger charge is -2.16. The SMILES string of the molecule is CC(C)NCC(C)S(=O)(=O)NCc1ccc(Br)cc1. The molecule has 0 heterocycles. The van der Waals surface area contributed by atoms with Gasteiger partial charge >= 0.3 is 0 Å². The van der Waals surface area contributed by atoms with Gasteiger partial charge in [0, 0.05) is 23.6 Å². The molecule has 4 nitrogen and oxygen atoms in total. The molecule has 19 heavy (non-hydrogen) atoms. The number of sulfonamides is 1. The summed E-state index contributed by atoms with van der Waals surface area (Å²) in [5.41, 5.74) is 0.941. The van der Waals surface area contributed by atoms with Gasteiger partial charge < -0.3 is 5.32 Å². The second kappa shape index (κ2) is 7.38. The zero-order valence-electron chi connectivity index (χ0n) is 11.5. The second-order valence-electron chi connectivity index (χ2n) is 4.87. The summed E-state index contributed by atoms with van der Waals surface area (Å²) < 4.78 is 27.7. The van der Waals surface area contributed by atoms with Gasteiger partial charge in [0.25, 0.3) is 0 Å². The Kier molecular flexibility index (Phi) is 6.46. The molecule has 0 radical (unpaired) electrons. The average molecular weight is 349 g/mol. The van der Waals surface area contributed by atoms with E-state index in [2.05, 4.69) is 26.0 Å². The molecule has 0 amide bonds. The van der Waals surface area contributed by atoms with Crippen molar-refractivity contribution in [3.8, 4) is 0 Å². The van der Waals surface area contributed by atoms with Gasteiger partial charge in [-0.1, -0.05) is 41.9 Å². The highest BCUT2D eigenvalue weighted by Crippen LogP contribution is 2.10. The van der Waals surface area contributed by atoms with Crippen LogP contribution in [-0.4, -0.2) is 26.3 Å². The third-order valence-corrected chi connectivity index (χ3v) is 5.04. The quantitative estimate of drug-likeness (QED) is 0.794. The number of rotatable bonds is 7. The Bertz CT molecular complexity index is 486. The first-order valence-corrected chi connectivity index (χ1v) is 8.61. The van der Waals surface area contributed by atoms with Gasteiger partial charge in [0.1, 0.15) is 0 Å². The molecule has 1 aromatic carbocycles. The molecule has 108 valence electrons. The van der Waals surface area contributed by atoms with E-state index in [4.69, 9.17) is 0 Å². The van der Waals surface area contributed by atoms with Crippen LogP contribution in [0.25, 0.3) is 0 Å². The Labute approximate surface area is 124 Å². The van der Waals surface area contributed by atoms with E-state index in [9.17, 15) is 8.42 Å². The number of hydrogen-bond donors (Lipinski definition) is 2. The molecule has 0 saturated heterocycles. The molecule has 0 aliphatic rings. The maximum Gasteiger partial charge on any atom is 0.215 e. The highest BCUT2D eigenvalue weighted by molar-refractivity contribution is 9.10. The van der Waals surface area contributed by atoms with Crippen molar-refractivity contribution in [2.45, 2.75) is 38.6 Å². The van der Waals surface area contributed by atoms with Gasteiger partial charge in [-0.3, -0.25) is 0 Å². The molecule has 0 spiro atoms. The molecular formula is C13H21BrN2O2S. The molecule has 0 fully saturated rings. The first kappa shape index (κ1) is 16.6. The number of benzene rings is 1. The van der Waals surface area contributed by atoms with E-state index in [1.807, 2.05) is 38.1 Å². The van der Waals surface area contributed by atoms with Crippen molar-refractivity contribution in [1.82, 2.24) is 10.0 Å². The number of halogens is 1. The van der Waals surface area contributed by atoms with Crippen molar-refractivity contribution >= 4 is 26.0 Å². The summed E-state index contributed by atoms with van der Waals surface area (Å²) in [6.45, 7) is 6.47. The third-order valence-electron chi connectivity index (χ3n) is 2.73. The summed E-state index contributed by atoms with van der Waals surface area (Å²) in [6, 6.07) is 7.86. The smallest absolute Gasteiger partial charge is 0.215 e. The molecule has 0 bridgehead atoms. The molecule has 1 unspecified atom stereocenters. The van der Waals surface area contributed by atoms with Gasteiger partial charge in [-0.05, 0) is 24.6 Å². The highest BCUT2D eigenvalue weighted by atomic mass is 79.9. The summed E-state index contributed by atoms with van der Waals surface area (Å²) in [4.78, 5) is 0. The van der Waals surface area contributed by atoms with Crippen LogP contribution in [0.5, 0.6) is 0 Å². The first-order valence-electron chi connectivity index (χ1n) is 6.27. The van der Waals surface area contributed by atoms with Crippen LogP contribution in [0.1, 0.15) is 26.3 Å². The summed E-state index contributed by atoms with van der Waals surface area (Å²) in [6.07, 6.45) is 0. The molecule has 0 aliphatic heterocycles. The Morgan fingerprint density at radius 3 is 2.26 bits per heavy atom. The molecule has 0 saturated carbocycles. The van der Waals surface area contributed by atoms with Crippen molar-refractivity contribution < 1.29 is 8.42 Å². The second-order valence-corrected chi connectivity index (χ2v) is 7.97. The Morgan fingerprint density at radius 2 is 1.74 bits per heavy atom. The fourth-order valence-electron chi connectivity index (χ4n) is 1.44. The predicted molar refractivity (Wildman–Crippen MR) is 82.5 cm³/mol. The van der Waals surface area contributed by atoms with Crippen molar-refractivity contribution in [3.63, 3.8) is 0 Å². The number of nitrogens with one attached hydrogen (secondary N) is 2. The lowest BCUT2D eigenvalue weighted by atomic mass is 10.2. The minimum Gasteiger partial charge on any atom is -0.313 e. The largest absolute Gasteiger partial charge is 0.313 e. The average Bonchev–Trinajstić information content (AvgIpc) is 2.35. The Morgan fingerprint density at radius 1 is 1.16 bits per heavy atom. The van der Waals surface area contributed by atoms with Gasteiger partial charge in [0.05, 0.1) is 5.25 Å². The summed E-state index contributed by atoms with van der Waals surface area (Å²) in [5, 5.41) is 2.68. The molecular weight excluding hydrogens is 328 g/mol. The van der Waals surface area contributed by atoms with Crippen molar-refractivity contribution in [2.75, 3.05) is 6.54 Å². The normalized spacial score (nSPS) is 13.7. The zero-order valence-corrected chi connectivity index (χ0v) is 13.9. The summed E-state index contributed by atoms with van der Waals surface area (Å²) in [5.74, 6) is 0. The van der Waals surface area contributed by atoms with Crippen LogP contribution in [-0.2, 0) is 16.6 Å². The van der Waals surface area contributed by atoms with Crippen LogP contribution < -0.4 is 10.0 Å². The maximum absolute atomic E-state index is 12.0. The lowest BCUT2D eigenvalue weighted by Crippen LogP contribution is -2.40. The molecule has 1 rings (SSSR count). The van der Waals surface area contributed by atoms with Crippen LogP contribution >= 0.6 is 15.9 Å². The van der Waals surface area contributed by atoms with Crippen LogP contribution in [0, 0.1) is 0 Å². The summed E-state index contributed by atoms with van der Waals surface area (Å²) >= 11 is 3.35. The Hall–Kier alpha value is -0.430. The standard InChI is InChI=1S/C13H21BrN2O2S/c1-10(2)15-8-11(3)19(17,18)16-9-12-4-6-13(14)7-5-12/h4-7,10-11,15-16H,8-9H2,1-3H3. The first-order chi connectivity index (χ1) is 8.81. The van der Waals surface area contributed by atoms with Crippen molar-refractivity contribution in [1.29, 1.82) is 0 Å². The van der Waals surface area contributed by atoms with E-state index < -0.39 is 15.3 Å². The molecule has 1 atom stereocenters. The molecule has 0 aromatic heterocycles. The van der Waals surface area contributed by atoms with E-state index in [0.29, 0.717) is 13.1 Å². The monoisotopic (exact) mass is 348 g/mol. The van der Waals surface area contributed by atoms with Crippen LogP contribution in [0.3, 0.4) is 0 Å². The molecule has 1 aromatic rings. The third kappa shape index (κ3) is 6.03. The molecule has 0 aliphatic carbocycles. The van der Waals surface area contributed by atoms with Gasteiger partial charge in [-0.15, -0.1) is 0 Å². The van der Waals surface area contributed by atoms with Crippen molar-refractivity contribution in [2.24, 2.45) is 0 Å².